The highest BCUT2D eigenvalue weighted by Crippen LogP contribution is 2.53. The number of nitrogens with two attached hydrogens (primary N) is 1. The molecule has 1 rings (SSSR count). The number of rotatable bonds is 6. The van der Waals surface area contributed by atoms with Crippen LogP contribution in [-0.2, 0) is 0 Å². The molecule has 14 heteroatoms. The van der Waals surface area contributed by atoms with E-state index in [9.17, 15) is 44.3 Å². The van der Waals surface area contributed by atoms with Gasteiger partial charge >= 0.3 is 29.9 Å². The maximum Gasteiger partial charge on any atom is 0.460 e. The topological polar surface area (TPSA) is 85.4 Å². The molecule has 1 heterocycles. The molecular weight excluding hydrogens is 379 g/mol. The number of carbonyl (C=O) groups is 1. The zero-order valence-electron chi connectivity index (χ0n) is 11.6. The Morgan fingerprint density at radius 1 is 1.04 bits per heavy atom. The van der Waals surface area contributed by atoms with Gasteiger partial charge in [-0.2, -0.15) is 44.5 Å². The van der Waals surface area contributed by atoms with Gasteiger partial charge in [0.25, 0.3) is 0 Å². The molecule has 0 aromatic carbocycles. The molecule has 0 atom stereocenters. The van der Waals surface area contributed by atoms with Crippen LogP contribution in [0.15, 0.2) is 12.1 Å². The number of carboxylic acid groups (broad SMARTS) is 1. The summed E-state index contributed by atoms with van der Waals surface area (Å²) in [6.07, 6.45) is -6.94. The lowest BCUT2D eigenvalue weighted by Gasteiger charge is -2.33. The van der Waals surface area contributed by atoms with Crippen molar-refractivity contribution in [3.8, 4) is 5.88 Å². The van der Waals surface area contributed by atoms with Crippen molar-refractivity contribution in [2.45, 2.75) is 23.9 Å². The summed E-state index contributed by atoms with van der Waals surface area (Å²) in [5, 5.41) is 8.62. The molecule has 0 aliphatic heterocycles. The second kappa shape index (κ2) is 6.15. The first-order valence-electron chi connectivity index (χ1n) is 5.87. The van der Waals surface area contributed by atoms with Gasteiger partial charge in [0, 0.05) is 6.07 Å². The van der Waals surface area contributed by atoms with Crippen LogP contribution in [0.1, 0.15) is 10.4 Å². The van der Waals surface area contributed by atoms with Crippen LogP contribution < -0.4 is 10.5 Å². The molecule has 0 amide bonds. The molecule has 142 valence electrons. The number of halogens is 9. The molecule has 0 aliphatic carbocycles. The molecule has 5 nitrogen and oxygen atoms in total. The zero-order valence-corrected chi connectivity index (χ0v) is 11.6. The lowest BCUT2D eigenvalue weighted by atomic mass is 10.0. The number of pyridine rings is 1. The summed E-state index contributed by atoms with van der Waals surface area (Å²) in [6.45, 7) is -2.61. The smallest absolute Gasteiger partial charge is 0.460 e. The average molecular weight is 386 g/mol. The Bertz CT molecular complexity index is 661. The maximum atomic E-state index is 13.2. The van der Waals surface area contributed by atoms with E-state index in [0.717, 1.165) is 0 Å². The van der Waals surface area contributed by atoms with Gasteiger partial charge in [0.15, 0.2) is 6.61 Å². The Labute approximate surface area is 132 Å². The summed E-state index contributed by atoms with van der Waals surface area (Å²) >= 11 is 0. The fourth-order valence-corrected chi connectivity index (χ4v) is 1.38. The third-order valence-corrected chi connectivity index (χ3v) is 2.74. The molecule has 0 spiro atoms. The molecular formula is C11H7F9N2O3. The van der Waals surface area contributed by atoms with Crippen LogP contribution in [0.25, 0.3) is 0 Å². The molecule has 3 N–H and O–H groups in total. The molecule has 0 unspecified atom stereocenters. The maximum absolute atomic E-state index is 13.2. The van der Waals surface area contributed by atoms with E-state index in [1.54, 1.807) is 0 Å². The van der Waals surface area contributed by atoms with Crippen molar-refractivity contribution in [2.24, 2.45) is 0 Å². The highest BCUT2D eigenvalue weighted by molar-refractivity contribution is 5.92. The Kier molecular flexibility index (Phi) is 5.07. The van der Waals surface area contributed by atoms with Crippen LogP contribution in [-0.4, -0.2) is 46.6 Å². The second-order valence-electron chi connectivity index (χ2n) is 4.53. The second-order valence-corrected chi connectivity index (χ2v) is 4.53. The first-order chi connectivity index (χ1) is 11.0. The van der Waals surface area contributed by atoms with Gasteiger partial charge < -0.3 is 15.6 Å². The molecule has 0 fully saturated rings. The van der Waals surface area contributed by atoms with Crippen LogP contribution in [0, 0.1) is 0 Å². The van der Waals surface area contributed by atoms with Crippen LogP contribution in [0.4, 0.5) is 45.3 Å². The van der Waals surface area contributed by atoms with Crippen LogP contribution >= 0.6 is 0 Å². The number of hydrogen-bond donors (Lipinski definition) is 2. The molecule has 0 aliphatic rings. The van der Waals surface area contributed by atoms with E-state index in [-0.39, 0.29) is 0 Å². The van der Waals surface area contributed by atoms with Crippen LogP contribution in [0.3, 0.4) is 0 Å². The molecule has 0 saturated heterocycles. The summed E-state index contributed by atoms with van der Waals surface area (Å²) < 4.78 is 117. The van der Waals surface area contributed by atoms with Crippen molar-refractivity contribution in [1.82, 2.24) is 4.98 Å². The van der Waals surface area contributed by atoms with Crippen molar-refractivity contribution < 1.29 is 54.2 Å². The van der Waals surface area contributed by atoms with Crippen molar-refractivity contribution in [3.63, 3.8) is 0 Å². The molecule has 0 bridgehead atoms. The molecule has 25 heavy (non-hydrogen) atoms. The van der Waals surface area contributed by atoms with Gasteiger partial charge in [0.2, 0.25) is 5.88 Å². The fraction of sp³-hybridized carbons (Fsp3) is 0.455. The zero-order chi connectivity index (χ0) is 19.8. The van der Waals surface area contributed by atoms with E-state index in [0.29, 0.717) is 12.1 Å². The first kappa shape index (κ1) is 20.6. The molecule has 1 aromatic rings. The number of aromatic carboxylic acids is 1. The minimum Gasteiger partial charge on any atom is -0.478 e. The van der Waals surface area contributed by atoms with E-state index in [1.807, 2.05) is 0 Å². The van der Waals surface area contributed by atoms with Gasteiger partial charge in [-0.05, 0) is 6.07 Å². The number of aromatic nitrogens is 1. The van der Waals surface area contributed by atoms with Crippen LogP contribution in [0.5, 0.6) is 5.88 Å². The minimum absolute atomic E-state index is 0.565. The minimum atomic E-state index is -7.04. The number of anilines is 1. The van der Waals surface area contributed by atoms with E-state index < -0.39 is 53.8 Å². The Morgan fingerprint density at radius 3 is 1.96 bits per heavy atom. The molecule has 0 saturated carbocycles. The highest BCUT2D eigenvalue weighted by Gasteiger charge is 2.81. The third kappa shape index (κ3) is 3.66. The number of carboxylic acids is 1. The SMILES string of the molecule is Nc1nc(OCC(F)(F)C(F)(F)C(F)(F)C(F)(F)F)ccc1C(=O)O. The van der Waals surface area contributed by atoms with Gasteiger partial charge in [-0.25, -0.2) is 4.79 Å². The number of nitrogen functional groups attached to an aromatic ring is 1. The Balaban J connectivity index is 3.02. The Morgan fingerprint density at radius 2 is 1.56 bits per heavy atom. The quantitative estimate of drug-likeness (QED) is 0.734. The summed E-state index contributed by atoms with van der Waals surface area (Å²) in [7, 11) is 0. The number of hydrogen-bond acceptors (Lipinski definition) is 4. The summed E-state index contributed by atoms with van der Waals surface area (Å²) in [6, 6.07) is 1.23. The number of ether oxygens (including phenoxy) is 1. The summed E-state index contributed by atoms with van der Waals surface area (Å²) in [5.74, 6) is -23.2. The normalized spacial score (nSPS) is 13.6. The molecule has 1 aromatic heterocycles. The van der Waals surface area contributed by atoms with Gasteiger partial charge in [-0.15, -0.1) is 0 Å². The van der Waals surface area contributed by atoms with E-state index in [4.69, 9.17) is 10.8 Å². The van der Waals surface area contributed by atoms with E-state index in [1.165, 1.54) is 0 Å². The van der Waals surface area contributed by atoms with Crippen molar-refractivity contribution in [2.75, 3.05) is 12.3 Å². The number of nitrogens with zero attached hydrogens (tertiary/aromatic N) is 1. The largest absolute Gasteiger partial charge is 0.478 e. The standard InChI is InChI=1S/C11H7F9N2O3/c12-8(13,9(14,15)10(16,17)11(18,19)20)3-25-5-2-1-4(7(23)24)6(21)22-5/h1-2H,3H2,(H2,21,22)(H,23,24). The third-order valence-electron chi connectivity index (χ3n) is 2.74. The monoisotopic (exact) mass is 386 g/mol. The predicted octanol–water partition coefficient (Wildman–Crippen LogP) is 3.21. The predicted molar refractivity (Wildman–Crippen MR) is 62.0 cm³/mol. The van der Waals surface area contributed by atoms with Crippen molar-refractivity contribution >= 4 is 11.8 Å². The van der Waals surface area contributed by atoms with Crippen LogP contribution in [0.2, 0.25) is 0 Å². The summed E-state index contributed by atoms with van der Waals surface area (Å²) in [5.41, 5.74) is 4.48. The molecule has 0 radical (unpaired) electrons. The first-order valence-corrected chi connectivity index (χ1v) is 5.87. The fourth-order valence-electron chi connectivity index (χ4n) is 1.38. The Hall–Kier alpha value is -2.41. The average Bonchev–Trinajstić information content (AvgIpc) is 2.43. The number of alkyl halides is 9. The van der Waals surface area contributed by atoms with E-state index in [2.05, 4.69) is 9.72 Å². The van der Waals surface area contributed by atoms with E-state index >= 15 is 0 Å². The summed E-state index contributed by atoms with van der Waals surface area (Å²) in [4.78, 5) is 13.7. The highest BCUT2D eigenvalue weighted by atomic mass is 19.4. The van der Waals surface area contributed by atoms with Crippen molar-refractivity contribution in [3.05, 3.63) is 17.7 Å². The lowest BCUT2D eigenvalue weighted by molar-refractivity contribution is -0.398. The van der Waals surface area contributed by atoms with Gasteiger partial charge in [-0.1, -0.05) is 0 Å². The van der Waals surface area contributed by atoms with Gasteiger partial charge in [0.05, 0.1) is 0 Å². The van der Waals surface area contributed by atoms with Gasteiger partial charge in [-0.3, -0.25) is 0 Å². The lowest BCUT2D eigenvalue weighted by Crippen LogP contribution is -2.62. The van der Waals surface area contributed by atoms with Crippen molar-refractivity contribution in [1.29, 1.82) is 0 Å². The van der Waals surface area contributed by atoms with Gasteiger partial charge in [0.1, 0.15) is 11.4 Å².